The van der Waals surface area contributed by atoms with E-state index in [1.165, 1.54) is 25.0 Å². The zero-order valence-corrected chi connectivity index (χ0v) is 8.35. The number of benzene rings is 1. The molecule has 1 saturated carbocycles. The van der Waals surface area contributed by atoms with Crippen LogP contribution in [0.2, 0.25) is 5.02 Å². The molecular weight excluding hydrogens is 205 g/mol. The Balaban J connectivity index is 2.10. The summed E-state index contributed by atoms with van der Waals surface area (Å²) in [6, 6.07) is 2.61. The fourth-order valence-corrected chi connectivity index (χ4v) is 1.33. The van der Waals surface area contributed by atoms with Gasteiger partial charge in [-0.3, -0.25) is 0 Å². The van der Waals surface area contributed by atoms with Gasteiger partial charge in [0.2, 0.25) is 0 Å². The van der Waals surface area contributed by atoms with Gasteiger partial charge in [-0.15, -0.1) is 0 Å². The van der Waals surface area contributed by atoms with Gasteiger partial charge in [-0.1, -0.05) is 11.6 Å². The summed E-state index contributed by atoms with van der Waals surface area (Å²) in [6.45, 7) is 0.616. The average Bonchev–Trinajstić information content (AvgIpc) is 2.92. The number of rotatable bonds is 3. The van der Waals surface area contributed by atoms with Gasteiger partial charge < -0.3 is 10.5 Å². The van der Waals surface area contributed by atoms with Gasteiger partial charge in [-0.05, 0) is 24.8 Å². The van der Waals surface area contributed by atoms with E-state index in [2.05, 4.69) is 0 Å². The second kappa shape index (κ2) is 3.65. The zero-order chi connectivity index (χ0) is 10.1. The normalized spacial score (nSPS) is 15.6. The summed E-state index contributed by atoms with van der Waals surface area (Å²) >= 11 is 5.55. The van der Waals surface area contributed by atoms with Crippen molar-refractivity contribution >= 4 is 17.3 Å². The number of nitrogens with two attached hydrogens (primary N) is 1. The number of halogens is 2. The minimum absolute atomic E-state index is 0.0290. The molecule has 0 aromatic heterocycles. The lowest BCUT2D eigenvalue weighted by Crippen LogP contribution is -2.02. The van der Waals surface area contributed by atoms with Gasteiger partial charge in [0.15, 0.2) is 0 Å². The van der Waals surface area contributed by atoms with E-state index >= 15 is 0 Å². The third kappa shape index (κ3) is 2.10. The minimum Gasteiger partial charge on any atom is -0.491 e. The van der Waals surface area contributed by atoms with Crippen molar-refractivity contribution in [1.29, 1.82) is 0 Å². The van der Waals surface area contributed by atoms with Crippen LogP contribution in [0.15, 0.2) is 12.1 Å². The number of ether oxygens (including phenoxy) is 1. The molecule has 1 aromatic rings. The summed E-state index contributed by atoms with van der Waals surface area (Å²) in [5.41, 5.74) is 6.01. The Bertz CT molecular complexity index is 352. The zero-order valence-electron chi connectivity index (χ0n) is 7.59. The maximum absolute atomic E-state index is 13.0. The Morgan fingerprint density at radius 1 is 1.50 bits per heavy atom. The van der Waals surface area contributed by atoms with Crippen LogP contribution in [0, 0.1) is 11.7 Å². The molecule has 0 heterocycles. The van der Waals surface area contributed by atoms with Gasteiger partial charge in [0.05, 0.1) is 17.3 Å². The van der Waals surface area contributed by atoms with Crippen LogP contribution in [-0.4, -0.2) is 6.61 Å². The fraction of sp³-hybridized carbons (Fsp3) is 0.400. The van der Waals surface area contributed by atoms with Gasteiger partial charge in [0, 0.05) is 6.07 Å². The second-order valence-electron chi connectivity index (χ2n) is 3.56. The van der Waals surface area contributed by atoms with E-state index in [-0.39, 0.29) is 5.02 Å². The van der Waals surface area contributed by atoms with Gasteiger partial charge in [-0.25, -0.2) is 4.39 Å². The fourth-order valence-electron chi connectivity index (χ4n) is 1.16. The topological polar surface area (TPSA) is 35.2 Å². The molecule has 1 fully saturated rings. The molecule has 76 valence electrons. The molecular formula is C10H11ClFNO. The molecule has 2 N–H and O–H groups in total. The summed E-state index contributed by atoms with van der Waals surface area (Å²) in [4.78, 5) is 0. The molecule has 0 atom stereocenters. The lowest BCUT2D eigenvalue weighted by atomic mass is 10.3. The van der Waals surface area contributed by atoms with Crippen LogP contribution in [0.25, 0.3) is 0 Å². The molecule has 0 spiro atoms. The van der Waals surface area contributed by atoms with Crippen molar-refractivity contribution in [3.05, 3.63) is 23.0 Å². The minimum atomic E-state index is -0.494. The molecule has 2 rings (SSSR count). The maximum Gasteiger partial charge on any atom is 0.145 e. The van der Waals surface area contributed by atoms with Crippen LogP contribution in [0.4, 0.5) is 10.1 Å². The van der Waals surface area contributed by atoms with Crippen molar-refractivity contribution in [2.45, 2.75) is 12.8 Å². The first-order valence-electron chi connectivity index (χ1n) is 4.54. The van der Waals surface area contributed by atoms with E-state index < -0.39 is 5.82 Å². The molecule has 0 aliphatic heterocycles. The van der Waals surface area contributed by atoms with Crippen LogP contribution in [-0.2, 0) is 0 Å². The SMILES string of the molecule is Nc1cc(Cl)c(F)cc1OCC1CC1. The van der Waals surface area contributed by atoms with Crippen LogP contribution < -0.4 is 10.5 Å². The maximum atomic E-state index is 13.0. The van der Waals surface area contributed by atoms with Crippen molar-refractivity contribution in [1.82, 2.24) is 0 Å². The third-order valence-corrected chi connectivity index (χ3v) is 2.51. The number of hydrogen-bond donors (Lipinski definition) is 1. The van der Waals surface area contributed by atoms with Crippen molar-refractivity contribution in [2.75, 3.05) is 12.3 Å². The molecule has 0 saturated heterocycles. The largest absolute Gasteiger partial charge is 0.491 e. The highest BCUT2D eigenvalue weighted by molar-refractivity contribution is 6.31. The molecule has 0 amide bonds. The van der Waals surface area contributed by atoms with E-state index in [4.69, 9.17) is 22.1 Å². The van der Waals surface area contributed by atoms with Gasteiger partial charge in [0.1, 0.15) is 11.6 Å². The summed E-state index contributed by atoms with van der Waals surface area (Å²) in [7, 11) is 0. The third-order valence-electron chi connectivity index (χ3n) is 2.22. The molecule has 14 heavy (non-hydrogen) atoms. The summed E-state index contributed by atoms with van der Waals surface area (Å²) in [5, 5.41) is 0.0290. The average molecular weight is 216 g/mol. The number of nitrogen functional groups attached to an aromatic ring is 1. The van der Waals surface area contributed by atoms with Crippen LogP contribution in [0.5, 0.6) is 5.75 Å². The standard InChI is InChI=1S/C10H11ClFNO/c11-7-3-9(13)10(4-8(7)12)14-5-6-1-2-6/h3-4,6H,1-2,5,13H2. The van der Waals surface area contributed by atoms with Gasteiger partial charge in [-0.2, -0.15) is 0 Å². The Kier molecular flexibility index (Phi) is 2.50. The van der Waals surface area contributed by atoms with Crippen LogP contribution in [0.1, 0.15) is 12.8 Å². The molecule has 0 radical (unpaired) electrons. The molecule has 1 aliphatic rings. The molecule has 1 aliphatic carbocycles. The Morgan fingerprint density at radius 3 is 2.86 bits per heavy atom. The number of hydrogen-bond acceptors (Lipinski definition) is 2. The predicted octanol–water partition coefficient (Wildman–Crippen LogP) is 2.85. The Hall–Kier alpha value is -0.960. The molecule has 1 aromatic carbocycles. The van der Waals surface area contributed by atoms with Gasteiger partial charge in [0.25, 0.3) is 0 Å². The smallest absolute Gasteiger partial charge is 0.145 e. The van der Waals surface area contributed by atoms with E-state index in [1.807, 2.05) is 0 Å². The lowest BCUT2D eigenvalue weighted by molar-refractivity contribution is 0.300. The quantitative estimate of drug-likeness (QED) is 0.787. The first-order chi connectivity index (χ1) is 6.66. The highest BCUT2D eigenvalue weighted by Crippen LogP contribution is 2.32. The van der Waals surface area contributed by atoms with Crippen molar-refractivity contribution in [3.63, 3.8) is 0 Å². The molecule has 2 nitrogen and oxygen atoms in total. The van der Waals surface area contributed by atoms with E-state index in [0.717, 1.165) is 0 Å². The lowest BCUT2D eigenvalue weighted by Gasteiger charge is -2.08. The molecule has 0 unspecified atom stereocenters. The van der Waals surface area contributed by atoms with Crippen molar-refractivity contribution in [3.8, 4) is 5.75 Å². The highest BCUT2D eigenvalue weighted by Gasteiger charge is 2.22. The van der Waals surface area contributed by atoms with Crippen molar-refractivity contribution < 1.29 is 9.13 Å². The first-order valence-corrected chi connectivity index (χ1v) is 4.92. The highest BCUT2D eigenvalue weighted by atomic mass is 35.5. The molecule has 0 bridgehead atoms. The predicted molar refractivity (Wildman–Crippen MR) is 54.0 cm³/mol. The Morgan fingerprint density at radius 2 is 2.21 bits per heavy atom. The van der Waals surface area contributed by atoms with Crippen LogP contribution >= 0.6 is 11.6 Å². The van der Waals surface area contributed by atoms with E-state index in [9.17, 15) is 4.39 Å². The summed E-state index contributed by atoms with van der Waals surface area (Å²) in [6.07, 6.45) is 2.38. The Labute approximate surface area is 86.8 Å². The number of anilines is 1. The second-order valence-corrected chi connectivity index (χ2v) is 3.97. The van der Waals surface area contributed by atoms with E-state index in [0.29, 0.717) is 24.0 Å². The summed E-state index contributed by atoms with van der Waals surface area (Å²) < 4.78 is 18.4. The van der Waals surface area contributed by atoms with E-state index in [1.54, 1.807) is 0 Å². The van der Waals surface area contributed by atoms with Gasteiger partial charge >= 0.3 is 0 Å². The molecule has 4 heteroatoms. The van der Waals surface area contributed by atoms with Crippen molar-refractivity contribution in [2.24, 2.45) is 5.92 Å². The summed E-state index contributed by atoms with van der Waals surface area (Å²) in [5.74, 6) is 0.513. The first kappa shape index (κ1) is 9.59. The van der Waals surface area contributed by atoms with Crippen LogP contribution in [0.3, 0.4) is 0 Å². The monoisotopic (exact) mass is 215 g/mol.